The van der Waals surface area contributed by atoms with E-state index in [2.05, 4.69) is 12.2 Å². The fourth-order valence-corrected chi connectivity index (χ4v) is 2.16. The molecule has 0 amide bonds. The predicted octanol–water partition coefficient (Wildman–Crippen LogP) is 1.58. The normalized spacial score (nSPS) is 35.5. The summed E-state index contributed by atoms with van der Waals surface area (Å²) in [6, 6.07) is 0. The molecule has 3 unspecified atom stereocenters. The Bertz CT molecular complexity index is 234. The van der Waals surface area contributed by atoms with Crippen LogP contribution in [0, 0.1) is 5.92 Å². The summed E-state index contributed by atoms with van der Waals surface area (Å²) in [5.74, 6) is -0.131. The summed E-state index contributed by atoms with van der Waals surface area (Å²) < 4.78 is 5.58. The second-order valence-electron chi connectivity index (χ2n) is 3.81. The van der Waals surface area contributed by atoms with Gasteiger partial charge in [0.05, 0.1) is 12.2 Å². The van der Waals surface area contributed by atoms with Gasteiger partial charge in [-0.2, -0.15) is 0 Å². The van der Waals surface area contributed by atoms with E-state index in [0.717, 1.165) is 19.3 Å². The zero-order valence-electron chi connectivity index (χ0n) is 7.48. The average Bonchev–Trinajstić information content (AvgIpc) is 2.64. The molecule has 0 aliphatic carbocycles. The monoisotopic (exact) mass is 182 g/mol. The lowest BCUT2D eigenvalue weighted by atomic mass is 9.90. The summed E-state index contributed by atoms with van der Waals surface area (Å²) in [5, 5.41) is 8.47. The molecule has 0 saturated carbocycles. The van der Waals surface area contributed by atoms with Gasteiger partial charge < -0.3 is 9.84 Å². The van der Waals surface area contributed by atoms with Crippen LogP contribution in [0.2, 0.25) is 0 Å². The quantitative estimate of drug-likeness (QED) is 0.671. The van der Waals surface area contributed by atoms with Gasteiger partial charge in [-0.3, -0.25) is 4.79 Å². The molecule has 13 heavy (non-hydrogen) atoms. The van der Waals surface area contributed by atoms with Crippen molar-refractivity contribution in [1.82, 2.24) is 0 Å². The van der Waals surface area contributed by atoms with Gasteiger partial charge in [-0.15, -0.1) is 0 Å². The van der Waals surface area contributed by atoms with Crippen molar-refractivity contribution in [1.29, 1.82) is 0 Å². The molecule has 2 aliphatic heterocycles. The number of aliphatic carboxylic acids is 1. The Balaban J connectivity index is 1.72. The number of rotatable bonds is 4. The van der Waals surface area contributed by atoms with Crippen LogP contribution in [0.25, 0.3) is 0 Å². The number of carboxylic acid groups (broad SMARTS) is 1. The van der Waals surface area contributed by atoms with Gasteiger partial charge in [0.15, 0.2) is 0 Å². The van der Waals surface area contributed by atoms with E-state index in [1.807, 2.05) is 0 Å². The van der Waals surface area contributed by atoms with E-state index in [1.54, 1.807) is 0 Å². The maximum Gasteiger partial charge on any atom is 0.303 e. The summed E-state index contributed by atoms with van der Waals surface area (Å²) in [6.07, 6.45) is 7.95. The number of fused-ring (bicyclic) bond motifs is 2. The van der Waals surface area contributed by atoms with Crippen LogP contribution in [0.5, 0.6) is 0 Å². The van der Waals surface area contributed by atoms with Crippen LogP contribution >= 0.6 is 0 Å². The van der Waals surface area contributed by atoms with Crippen molar-refractivity contribution in [3.63, 3.8) is 0 Å². The molecule has 3 heteroatoms. The smallest absolute Gasteiger partial charge is 0.303 e. The van der Waals surface area contributed by atoms with Crippen molar-refractivity contribution >= 4 is 5.97 Å². The third kappa shape index (κ3) is 1.91. The lowest BCUT2D eigenvalue weighted by Gasteiger charge is -2.13. The van der Waals surface area contributed by atoms with Crippen LogP contribution in [0.3, 0.4) is 0 Å². The molecular weight excluding hydrogens is 168 g/mol. The molecule has 3 nitrogen and oxygen atoms in total. The SMILES string of the molecule is O=C(O)CCCC1CC2C=CC1O2. The van der Waals surface area contributed by atoms with E-state index in [1.165, 1.54) is 0 Å². The molecule has 0 aromatic heterocycles. The van der Waals surface area contributed by atoms with Crippen molar-refractivity contribution in [2.75, 3.05) is 0 Å². The maximum absolute atomic E-state index is 10.3. The van der Waals surface area contributed by atoms with Crippen LogP contribution in [0.1, 0.15) is 25.7 Å². The highest BCUT2D eigenvalue weighted by Crippen LogP contribution is 2.36. The van der Waals surface area contributed by atoms with Gasteiger partial charge in [-0.1, -0.05) is 12.2 Å². The standard InChI is InChI=1S/C10H14O3/c11-10(12)3-1-2-7-6-8-4-5-9(7)13-8/h4-5,7-9H,1-3,6H2,(H,11,12). The molecule has 1 fully saturated rings. The first-order chi connectivity index (χ1) is 6.25. The van der Waals surface area contributed by atoms with E-state index in [0.29, 0.717) is 12.0 Å². The molecule has 2 aliphatic rings. The lowest BCUT2D eigenvalue weighted by molar-refractivity contribution is -0.137. The Morgan fingerprint density at radius 3 is 2.92 bits per heavy atom. The van der Waals surface area contributed by atoms with Crippen LogP contribution in [-0.2, 0) is 9.53 Å². The highest BCUT2D eigenvalue weighted by Gasteiger charge is 2.35. The second kappa shape index (κ2) is 3.50. The molecule has 0 spiro atoms. The molecular formula is C10H14O3. The van der Waals surface area contributed by atoms with Crippen molar-refractivity contribution in [3.8, 4) is 0 Å². The van der Waals surface area contributed by atoms with Crippen LogP contribution < -0.4 is 0 Å². The summed E-state index contributed by atoms with van der Waals surface area (Å²) in [7, 11) is 0. The number of carboxylic acids is 1. The summed E-state index contributed by atoms with van der Waals surface area (Å²) >= 11 is 0. The Kier molecular flexibility index (Phi) is 2.36. The summed E-state index contributed by atoms with van der Waals surface area (Å²) in [5.41, 5.74) is 0. The number of ether oxygens (including phenoxy) is 1. The lowest BCUT2D eigenvalue weighted by Crippen LogP contribution is -2.13. The zero-order chi connectivity index (χ0) is 9.26. The second-order valence-corrected chi connectivity index (χ2v) is 3.81. The van der Waals surface area contributed by atoms with Crippen molar-refractivity contribution in [2.24, 2.45) is 5.92 Å². The topological polar surface area (TPSA) is 46.5 Å². The first-order valence-electron chi connectivity index (χ1n) is 4.81. The van der Waals surface area contributed by atoms with Crippen LogP contribution in [-0.4, -0.2) is 23.3 Å². The fraction of sp³-hybridized carbons (Fsp3) is 0.700. The van der Waals surface area contributed by atoms with E-state index < -0.39 is 5.97 Å². The molecule has 0 aromatic carbocycles. The molecule has 0 aromatic rings. The van der Waals surface area contributed by atoms with E-state index in [9.17, 15) is 4.79 Å². The van der Waals surface area contributed by atoms with Crippen molar-refractivity contribution < 1.29 is 14.6 Å². The van der Waals surface area contributed by atoms with Crippen LogP contribution in [0.4, 0.5) is 0 Å². The van der Waals surface area contributed by atoms with Gasteiger partial charge in [-0.05, 0) is 25.2 Å². The highest BCUT2D eigenvalue weighted by molar-refractivity contribution is 5.66. The molecule has 72 valence electrons. The number of hydrogen-bond acceptors (Lipinski definition) is 2. The van der Waals surface area contributed by atoms with Gasteiger partial charge in [0.2, 0.25) is 0 Å². The van der Waals surface area contributed by atoms with E-state index in [-0.39, 0.29) is 12.5 Å². The van der Waals surface area contributed by atoms with E-state index in [4.69, 9.17) is 9.84 Å². The van der Waals surface area contributed by atoms with Gasteiger partial charge in [0.1, 0.15) is 0 Å². The van der Waals surface area contributed by atoms with Gasteiger partial charge in [0, 0.05) is 6.42 Å². The fourth-order valence-electron chi connectivity index (χ4n) is 2.16. The Hall–Kier alpha value is -0.830. The first-order valence-corrected chi connectivity index (χ1v) is 4.81. The molecule has 2 bridgehead atoms. The van der Waals surface area contributed by atoms with Gasteiger partial charge in [0.25, 0.3) is 0 Å². The molecule has 1 saturated heterocycles. The largest absolute Gasteiger partial charge is 0.481 e. The molecule has 3 atom stereocenters. The number of hydrogen-bond donors (Lipinski definition) is 1. The number of carbonyl (C=O) groups is 1. The molecule has 0 radical (unpaired) electrons. The molecule has 1 N–H and O–H groups in total. The molecule has 2 heterocycles. The predicted molar refractivity (Wildman–Crippen MR) is 47.4 cm³/mol. The average molecular weight is 182 g/mol. The maximum atomic E-state index is 10.3. The summed E-state index contributed by atoms with van der Waals surface area (Å²) in [4.78, 5) is 10.3. The Morgan fingerprint density at radius 2 is 2.38 bits per heavy atom. The Labute approximate surface area is 77.4 Å². The minimum atomic E-state index is -0.695. The summed E-state index contributed by atoms with van der Waals surface area (Å²) in [6.45, 7) is 0. The van der Waals surface area contributed by atoms with Gasteiger partial charge in [-0.25, -0.2) is 0 Å². The van der Waals surface area contributed by atoms with E-state index >= 15 is 0 Å². The molecule has 2 rings (SSSR count). The third-order valence-electron chi connectivity index (χ3n) is 2.81. The van der Waals surface area contributed by atoms with Crippen molar-refractivity contribution in [3.05, 3.63) is 12.2 Å². The van der Waals surface area contributed by atoms with Crippen LogP contribution in [0.15, 0.2) is 12.2 Å². The van der Waals surface area contributed by atoms with Gasteiger partial charge >= 0.3 is 5.97 Å². The minimum absolute atomic E-state index is 0.277. The minimum Gasteiger partial charge on any atom is -0.481 e. The Morgan fingerprint density at radius 1 is 1.54 bits per heavy atom. The van der Waals surface area contributed by atoms with Crippen molar-refractivity contribution in [2.45, 2.75) is 37.9 Å². The third-order valence-corrected chi connectivity index (χ3v) is 2.81. The zero-order valence-corrected chi connectivity index (χ0v) is 7.48. The first kappa shape index (κ1) is 8.75. The highest BCUT2D eigenvalue weighted by atomic mass is 16.5.